The Bertz CT molecular complexity index is 1090. The monoisotopic (exact) mass is 425 g/mol. The number of pyridine rings is 1. The summed E-state index contributed by atoms with van der Waals surface area (Å²) in [6, 6.07) is 19.2. The lowest BCUT2D eigenvalue weighted by molar-refractivity contribution is 0.379. The van der Waals surface area contributed by atoms with Gasteiger partial charge in [0.1, 0.15) is 11.6 Å². The van der Waals surface area contributed by atoms with Crippen molar-refractivity contribution in [2.45, 2.75) is 17.4 Å². The van der Waals surface area contributed by atoms with Crippen molar-refractivity contribution in [2.24, 2.45) is 0 Å². The van der Waals surface area contributed by atoms with Crippen LogP contribution in [0.3, 0.4) is 0 Å². The van der Waals surface area contributed by atoms with Gasteiger partial charge in [-0.1, -0.05) is 18.2 Å². The lowest BCUT2D eigenvalue weighted by Gasteiger charge is -2.18. The normalized spacial score (nSPS) is 16.4. The minimum atomic E-state index is -3.63. The Morgan fingerprint density at radius 3 is 2.43 bits per heavy atom. The number of hydrogen-bond acceptors (Lipinski definition) is 6. The summed E-state index contributed by atoms with van der Waals surface area (Å²) in [6.45, 7) is 1.35. The van der Waals surface area contributed by atoms with Crippen LogP contribution in [0.15, 0.2) is 77.8 Å². The highest BCUT2D eigenvalue weighted by Gasteiger charge is 2.28. The van der Waals surface area contributed by atoms with Crippen molar-refractivity contribution in [1.82, 2.24) is 9.71 Å². The van der Waals surface area contributed by atoms with Crippen molar-refractivity contribution in [1.29, 1.82) is 0 Å². The van der Waals surface area contributed by atoms with Gasteiger partial charge in [0.05, 0.1) is 12.0 Å². The molecule has 1 N–H and O–H groups in total. The SMILES string of the molecule is COc1ccccc1Oc1ccc(S(=O)(=O)NC2CCN(c3ccccn3)C2)cc1. The Kier molecular flexibility index (Phi) is 5.87. The van der Waals surface area contributed by atoms with Crippen molar-refractivity contribution in [2.75, 3.05) is 25.1 Å². The van der Waals surface area contributed by atoms with Gasteiger partial charge in [-0.05, 0) is 55.0 Å². The van der Waals surface area contributed by atoms with Crippen LogP contribution >= 0.6 is 0 Å². The van der Waals surface area contributed by atoms with Gasteiger partial charge in [-0.2, -0.15) is 0 Å². The van der Waals surface area contributed by atoms with Gasteiger partial charge in [-0.15, -0.1) is 0 Å². The molecule has 2 aromatic carbocycles. The average Bonchev–Trinajstić information content (AvgIpc) is 3.23. The topological polar surface area (TPSA) is 80.8 Å². The Labute approximate surface area is 176 Å². The zero-order chi connectivity index (χ0) is 21.0. The van der Waals surface area contributed by atoms with Crippen molar-refractivity contribution in [3.63, 3.8) is 0 Å². The van der Waals surface area contributed by atoms with Crippen LogP contribution in [0.4, 0.5) is 5.82 Å². The van der Waals surface area contributed by atoms with Crippen molar-refractivity contribution < 1.29 is 17.9 Å². The van der Waals surface area contributed by atoms with Crippen LogP contribution in [0.25, 0.3) is 0 Å². The molecule has 0 radical (unpaired) electrons. The van der Waals surface area contributed by atoms with Gasteiger partial charge < -0.3 is 14.4 Å². The predicted octanol–water partition coefficient (Wildman–Crippen LogP) is 3.44. The highest BCUT2D eigenvalue weighted by molar-refractivity contribution is 7.89. The summed E-state index contributed by atoms with van der Waals surface area (Å²) in [5.74, 6) is 2.56. The molecule has 1 aromatic heterocycles. The number of methoxy groups -OCH3 is 1. The van der Waals surface area contributed by atoms with E-state index in [0.29, 0.717) is 23.8 Å². The third-order valence-electron chi connectivity index (χ3n) is 4.91. The van der Waals surface area contributed by atoms with Crippen molar-refractivity contribution >= 4 is 15.8 Å². The van der Waals surface area contributed by atoms with E-state index in [0.717, 1.165) is 18.8 Å². The second kappa shape index (κ2) is 8.73. The summed E-state index contributed by atoms with van der Waals surface area (Å²) in [7, 11) is -2.06. The third-order valence-corrected chi connectivity index (χ3v) is 6.45. The first-order chi connectivity index (χ1) is 14.5. The zero-order valence-corrected chi connectivity index (χ0v) is 17.4. The zero-order valence-electron chi connectivity index (χ0n) is 16.6. The summed E-state index contributed by atoms with van der Waals surface area (Å²) in [6.07, 6.45) is 2.46. The molecule has 0 aliphatic carbocycles. The van der Waals surface area contributed by atoms with E-state index >= 15 is 0 Å². The molecule has 156 valence electrons. The number of anilines is 1. The van der Waals surface area contributed by atoms with E-state index in [1.165, 1.54) is 0 Å². The standard InChI is InChI=1S/C22H23N3O4S/c1-28-20-6-2-3-7-21(20)29-18-9-11-19(12-10-18)30(26,27)24-17-13-15-25(16-17)22-8-4-5-14-23-22/h2-12,14,17,24H,13,15-16H2,1H3. The highest BCUT2D eigenvalue weighted by atomic mass is 32.2. The number of para-hydroxylation sites is 2. The quantitative estimate of drug-likeness (QED) is 0.625. The molecular formula is C22H23N3O4S. The first-order valence-corrected chi connectivity index (χ1v) is 11.1. The van der Waals surface area contributed by atoms with Crippen LogP contribution in [-0.2, 0) is 10.0 Å². The number of benzene rings is 2. The molecule has 2 heterocycles. The van der Waals surface area contributed by atoms with E-state index in [9.17, 15) is 8.42 Å². The second-order valence-electron chi connectivity index (χ2n) is 6.97. The van der Waals surface area contributed by atoms with Gasteiger partial charge in [0.25, 0.3) is 0 Å². The Hall–Kier alpha value is -3.10. The molecule has 1 aliphatic heterocycles. The van der Waals surface area contributed by atoms with Crippen LogP contribution in [0.1, 0.15) is 6.42 Å². The van der Waals surface area contributed by atoms with Crippen LogP contribution < -0.4 is 19.1 Å². The molecule has 1 atom stereocenters. The smallest absolute Gasteiger partial charge is 0.240 e. The molecule has 0 spiro atoms. The molecule has 1 fully saturated rings. The van der Waals surface area contributed by atoms with E-state index in [-0.39, 0.29) is 10.9 Å². The fraction of sp³-hybridized carbons (Fsp3) is 0.227. The molecule has 0 saturated carbocycles. The lowest BCUT2D eigenvalue weighted by Crippen LogP contribution is -2.37. The largest absolute Gasteiger partial charge is 0.493 e. The predicted molar refractivity (Wildman–Crippen MR) is 115 cm³/mol. The molecule has 7 nitrogen and oxygen atoms in total. The summed E-state index contributed by atoms with van der Waals surface area (Å²) in [5, 5.41) is 0. The number of hydrogen-bond donors (Lipinski definition) is 1. The molecule has 3 aromatic rings. The molecule has 0 amide bonds. The summed E-state index contributed by atoms with van der Waals surface area (Å²) < 4.78 is 39.5. The van der Waals surface area contributed by atoms with Crippen molar-refractivity contribution in [3.8, 4) is 17.2 Å². The van der Waals surface area contributed by atoms with Gasteiger partial charge in [0.15, 0.2) is 11.5 Å². The van der Waals surface area contributed by atoms with E-state index < -0.39 is 10.0 Å². The van der Waals surface area contributed by atoms with Gasteiger partial charge >= 0.3 is 0 Å². The number of nitrogens with zero attached hydrogens (tertiary/aromatic N) is 2. The van der Waals surface area contributed by atoms with Crippen LogP contribution in [0, 0.1) is 0 Å². The average molecular weight is 426 g/mol. The van der Waals surface area contributed by atoms with Crippen LogP contribution in [0.2, 0.25) is 0 Å². The van der Waals surface area contributed by atoms with E-state index in [2.05, 4.69) is 14.6 Å². The van der Waals surface area contributed by atoms with Gasteiger partial charge in [-0.25, -0.2) is 18.1 Å². The molecule has 0 bridgehead atoms. The van der Waals surface area contributed by atoms with Crippen molar-refractivity contribution in [3.05, 3.63) is 72.9 Å². The Morgan fingerprint density at radius 2 is 1.73 bits per heavy atom. The lowest BCUT2D eigenvalue weighted by atomic mass is 10.3. The molecular weight excluding hydrogens is 402 g/mol. The van der Waals surface area contributed by atoms with Crippen LogP contribution in [0.5, 0.6) is 17.2 Å². The minimum Gasteiger partial charge on any atom is -0.493 e. The number of nitrogens with one attached hydrogen (secondary N) is 1. The summed E-state index contributed by atoms with van der Waals surface area (Å²) in [5.41, 5.74) is 0. The van der Waals surface area contributed by atoms with E-state index in [4.69, 9.17) is 9.47 Å². The van der Waals surface area contributed by atoms with E-state index in [1.54, 1.807) is 49.7 Å². The molecule has 1 aliphatic rings. The molecule has 1 saturated heterocycles. The number of rotatable bonds is 7. The fourth-order valence-electron chi connectivity index (χ4n) is 3.41. The third kappa shape index (κ3) is 4.55. The molecule has 4 rings (SSSR count). The number of ether oxygens (including phenoxy) is 2. The molecule has 1 unspecified atom stereocenters. The Morgan fingerprint density at radius 1 is 1.00 bits per heavy atom. The summed E-state index contributed by atoms with van der Waals surface area (Å²) >= 11 is 0. The highest BCUT2D eigenvalue weighted by Crippen LogP contribution is 2.31. The summed E-state index contributed by atoms with van der Waals surface area (Å²) in [4.78, 5) is 6.61. The maximum absolute atomic E-state index is 12.8. The first-order valence-electron chi connectivity index (χ1n) is 9.64. The van der Waals surface area contributed by atoms with E-state index in [1.807, 2.05) is 30.3 Å². The van der Waals surface area contributed by atoms with Crippen LogP contribution in [-0.4, -0.2) is 39.6 Å². The first kappa shape index (κ1) is 20.2. The van der Waals surface area contributed by atoms with Gasteiger partial charge in [0.2, 0.25) is 10.0 Å². The second-order valence-corrected chi connectivity index (χ2v) is 8.68. The molecule has 30 heavy (non-hydrogen) atoms. The number of aromatic nitrogens is 1. The minimum absolute atomic E-state index is 0.165. The Balaban J connectivity index is 1.41. The van der Waals surface area contributed by atoms with Gasteiger partial charge in [-0.3, -0.25) is 0 Å². The maximum Gasteiger partial charge on any atom is 0.240 e. The fourth-order valence-corrected chi connectivity index (χ4v) is 4.67. The molecule has 8 heteroatoms. The maximum atomic E-state index is 12.8. The number of sulfonamides is 1. The van der Waals surface area contributed by atoms with Gasteiger partial charge in [0, 0.05) is 25.3 Å².